The lowest BCUT2D eigenvalue weighted by Crippen LogP contribution is -3.34. The van der Waals surface area contributed by atoms with Crippen LogP contribution < -0.4 is 22.6 Å². The number of halogens is 2. The van der Waals surface area contributed by atoms with Gasteiger partial charge in [-0.05, 0) is 41.8 Å². The Bertz CT molecular complexity index is 682. The molecule has 0 unspecified atom stereocenters. The van der Waals surface area contributed by atoms with E-state index in [1.54, 1.807) is 0 Å². The van der Waals surface area contributed by atoms with Crippen LogP contribution in [0.2, 0.25) is 0 Å². The van der Waals surface area contributed by atoms with Crippen molar-refractivity contribution in [1.29, 1.82) is 0 Å². The Labute approximate surface area is 138 Å². The Morgan fingerprint density at radius 2 is 1.67 bits per heavy atom. The highest BCUT2D eigenvalue weighted by Crippen LogP contribution is 2.11. The highest BCUT2D eigenvalue weighted by molar-refractivity contribution is 7.85. The average molecular weight is 422 g/mol. The third-order valence-corrected chi connectivity index (χ3v) is 4.24. The van der Waals surface area contributed by atoms with Gasteiger partial charge >= 0.3 is 0 Å². The lowest BCUT2D eigenvalue weighted by Gasteiger charge is -2.05. The SMILES string of the molecule is CC(C)c1ccc([IH+])cc1.O=S(=O)([O-])c1cccc(F)c1. The van der Waals surface area contributed by atoms with Crippen molar-refractivity contribution >= 4 is 10.1 Å². The van der Waals surface area contributed by atoms with Gasteiger partial charge in [0.1, 0.15) is 15.9 Å². The molecule has 0 amide bonds. The molecule has 0 saturated heterocycles. The lowest BCUT2D eigenvalue weighted by molar-refractivity contribution is -0.328. The summed E-state index contributed by atoms with van der Waals surface area (Å²) in [5.41, 5.74) is 1.42. The van der Waals surface area contributed by atoms with Crippen LogP contribution >= 0.6 is 0 Å². The zero-order valence-corrected chi connectivity index (χ0v) is 14.8. The van der Waals surface area contributed by atoms with Crippen molar-refractivity contribution in [3.63, 3.8) is 0 Å². The predicted molar refractivity (Wildman–Crippen MR) is 75.0 cm³/mol. The van der Waals surface area contributed by atoms with Crippen LogP contribution in [0, 0.1) is 9.39 Å². The molecule has 0 N–H and O–H groups in total. The van der Waals surface area contributed by atoms with Crippen molar-refractivity contribution in [2.24, 2.45) is 0 Å². The van der Waals surface area contributed by atoms with Gasteiger partial charge in [-0.1, -0.05) is 32.0 Å². The minimum Gasteiger partial charge on any atom is -0.744 e. The highest BCUT2D eigenvalue weighted by atomic mass is 127. The molecule has 0 atom stereocenters. The second-order valence-electron chi connectivity index (χ2n) is 4.64. The monoisotopic (exact) mass is 422 g/mol. The zero-order chi connectivity index (χ0) is 16.0. The first kappa shape index (κ1) is 18.1. The zero-order valence-electron chi connectivity index (χ0n) is 11.6. The molecule has 2 rings (SSSR count). The van der Waals surface area contributed by atoms with Crippen LogP contribution in [-0.2, 0) is 10.1 Å². The van der Waals surface area contributed by atoms with E-state index in [0.29, 0.717) is 12.0 Å². The van der Waals surface area contributed by atoms with Crippen LogP contribution in [-0.4, -0.2) is 13.0 Å². The Morgan fingerprint density at radius 1 is 1.10 bits per heavy atom. The van der Waals surface area contributed by atoms with Crippen molar-refractivity contribution in [2.75, 3.05) is 0 Å². The van der Waals surface area contributed by atoms with Crippen LogP contribution in [0.4, 0.5) is 4.39 Å². The quantitative estimate of drug-likeness (QED) is 0.506. The van der Waals surface area contributed by atoms with Crippen LogP contribution in [0.1, 0.15) is 25.3 Å². The number of rotatable bonds is 2. The van der Waals surface area contributed by atoms with Gasteiger partial charge in [-0.3, -0.25) is 0 Å². The van der Waals surface area contributed by atoms with E-state index in [2.05, 4.69) is 38.1 Å². The Morgan fingerprint density at radius 3 is 2.05 bits per heavy atom. The normalized spacial score (nSPS) is 11.0. The number of hydrogen-bond acceptors (Lipinski definition) is 3. The minimum absolute atomic E-state index is 0.544. The average Bonchev–Trinajstić information content (AvgIpc) is 2.39. The molecule has 6 heteroatoms. The third kappa shape index (κ3) is 6.54. The molecular weight excluding hydrogens is 406 g/mol. The Kier molecular flexibility index (Phi) is 6.76. The second kappa shape index (κ2) is 7.86. The maximum absolute atomic E-state index is 12.3. The van der Waals surface area contributed by atoms with Crippen molar-refractivity contribution in [2.45, 2.75) is 24.7 Å². The first-order valence-corrected chi connectivity index (χ1v) is 8.76. The van der Waals surface area contributed by atoms with E-state index in [1.165, 1.54) is 15.2 Å². The molecule has 0 spiro atoms. The Balaban J connectivity index is 0.000000211. The van der Waals surface area contributed by atoms with Crippen LogP contribution in [0.5, 0.6) is 0 Å². The summed E-state index contributed by atoms with van der Waals surface area (Å²) in [4.78, 5) is -0.544. The molecule has 3 nitrogen and oxygen atoms in total. The van der Waals surface area contributed by atoms with Gasteiger partial charge in [0.05, 0.1) is 4.90 Å². The van der Waals surface area contributed by atoms with Gasteiger partial charge in [0.25, 0.3) is 22.6 Å². The van der Waals surface area contributed by atoms with E-state index in [0.717, 1.165) is 12.1 Å². The van der Waals surface area contributed by atoms with Gasteiger partial charge in [-0.25, -0.2) is 12.8 Å². The Hall–Kier alpha value is -0.990. The molecule has 0 fully saturated rings. The first-order valence-electron chi connectivity index (χ1n) is 6.18. The standard InChI is InChI=1S/C9H12I.C6H5FO3S/c1-7(2)8-3-5-9(10)6-4-8;7-5-2-1-3-6(4-5)11(8,9)10/h3-7,10H,1-2H3;1-4H,(H,8,9,10)/q+1;/p-1. The molecule has 0 bridgehead atoms. The largest absolute Gasteiger partial charge is 0.744 e. The van der Waals surface area contributed by atoms with E-state index in [1.807, 2.05) is 22.6 Å². The maximum Gasteiger partial charge on any atom is 0.296 e. The molecular formula is C15H16FIO3S. The van der Waals surface area contributed by atoms with Crippen LogP contribution in [0.3, 0.4) is 0 Å². The fraction of sp³-hybridized carbons (Fsp3) is 0.200. The van der Waals surface area contributed by atoms with Gasteiger partial charge in [0, 0.05) is 0 Å². The summed E-state index contributed by atoms with van der Waals surface area (Å²) < 4.78 is 44.4. The van der Waals surface area contributed by atoms with E-state index in [4.69, 9.17) is 0 Å². The van der Waals surface area contributed by atoms with Gasteiger partial charge in [-0.2, -0.15) is 0 Å². The summed E-state index contributed by atoms with van der Waals surface area (Å²) >= 11 is 2.05. The smallest absolute Gasteiger partial charge is 0.296 e. The third-order valence-electron chi connectivity index (χ3n) is 2.63. The van der Waals surface area contributed by atoms with E-state index < -0.39 is 20.8 Å². The molecule has 0 aliphatic rings. The maximum atomic E-state index is 12.3. The fourth-order valence-electron chi connectivity index (χ4n) is 1.48. The molecule has 21 heavy (non-hydrogen) atoms. The highest BCUT2D eigenvalue weighted by Gasteiger charge is 2.00. The molecule has 114 valence electrons. The van der Waals surface area contributed by atoms with Crippen LogP contribution in [0.15, 0.2) is 53.4 Å². The fourth-order valence-corrected chi connectivity index (χ4v) is 2.37. The topological polar surface area (TPSA) is 57.2 Å². The number of hydrogen-bond donors (Lipinski definition) is 0. The molecule has 0 heterocycles. The summed E-state index contributed by atoms with van der Waals surface area (Å²) in [6, 6.07) is 12.7. The first-order chi connectivity index (χ1) is 9.70. The predicted octanol–water partition coefficient (Wildman–Crippen LogP) is -0.00500. The van der Waals surface area contributed by atoms with Gasteiger partial charge in [0.2, 0.25) is 0 Å². The molecule has 0 radical (unpaired) electrons. The molecule has 0 aliphatic heterocycles. The van der Waals surface area contributed by atoms with Gasteiger partial charge in [0.15, 0.2) is 3.57 Å². The minimum atomic E-state index is -4.52. The van der Waals surface area contributed by atoms with Gasteiger partial charge in [-0.15, -0.1) is 0 Å². The van der Waals surface area contributed by atoms with Crippen LogP contribution in [0.25, 0.3) is 0 Å². The van der Waals surface area contributed by atoms with Crippen molar-refractivity contribution < 1.29 is 40.0 Å². The lowest BCUT2D eigenvalue weighted by atomic mass is 10.0. The van der Waals surface area contributed by atoms with E-state index in [-0.39, 0.29) is 0 Å². The summed E-state index contributed by atoms with van der Waals surface area (Å²) in [7, 11) is -4.52. The van der Waals surface area contributed by atoms with Crippen molar-refractivity contribution in [1.82, 2.24) is 0 Å². The van der Waals surface area contributed by atoms with E-state index in [9.17, 15) is 17.4 Å². The number of benzene rings is 2. The molecule has 0 aliphatic carbocycles. The van der Waals surface area contributed by atoms with Crippen molar-refractivity contribution in [3.05, 3.63) is 63.5 Å². The molecule has 2 aromatic rings. The summed E-state index contributed by atoms with van der Waals surface area (Å²) in [6.45, 7) is 4.43. The summed E-state index contributed by atoms with van der Waals surface area (Å²) in [6.07, 6.45) is 0. The van der Waals surface area contributed by atoms with E-state index >= 15 is 0 Å². The summed E-state index contributed by atoms with van der Waals surface area (Å²) in [5.74, 6) is -0.0799. The second-order valence-corrected chi connectivity index (χ2v) is 7.36. The molecule has 0 aromatic heterocycles. The molecule has 0 saturated carbocycles. The van der Waals surface area contributed by atoms with Crippen molar-refractivity contribution in [3.8, 4) is 0 Å². The summed E-state index contributed by atoms with van der Waals surface area (Å²) in [5, 5.41) is 0. The van der Waals surface area contributed by atoms with Gasteiger partial charge < -0.3 is 4.55 Å². The molecule has 2 aromatic carbocycles.